The maximum Gasteiger partial charge on any atom is 0.387 e. The van der Waals surface area contributed by atoms with Gasteiger partial charge >= 0.3 is 12.6 Å². The standard InChI is InChI=1S/C18H21F2N3O4/c1-11-6-4-5-9-18(11)15(25)23(17(26)22-18)10-14(24)21-12-7-2-3-8-13(12)27-16(19)20/h2-3,7-8,11,16H,4-6,9-10H2,1H3,(H,21,24)(H,22,26)/t11-,18-/m1/s1. The largest absolute Gasteiger partial charge is 0.433 e. The molecule has 7 nitrogen and oxygen atoms in total. The number of para-hydroxylation sites is 2. The third kappa shape index (κ3) is 3.72. The smallest absolute Gasteiger partial charge is 0.387 e. The van der Waals surface area contributed by atoms with Gasteiger partial charge in [0.25, 0.3) is 5.91 Å². The Bertz CT molecular complexity index is 758. The van der Waals surface area contributed by atoms with Gasteiger partial charge in [-0.25, -0.2) is 4.79 Å². The zero-order chi connectivity index (χ0) is 19.6. The number of ether oxygens (including phenoxy) is 1. The fraction of sp³-hybridized carbons (Fsp3) is 0.500. The molecule has 27 heavy (non-hydrogen) atoms. The van der Waals surface area contributed by atoms with Gasteiger partial charge in [0, 0.05) is 0 Å². The molecule has 2 atom stereocenters. The second kappa shape index (κ2) is 7.50. The number of benzene rings is 1. The summed E-state index contributed by atoms with van der Waals surface area (Å²) in [4.78, 5) is 38.3. The minimum atomic E-state index is -3.04. The van der Waals surface area contributed by atoms with Crippen LogP contribution in [0, 0.1) is 5.92 Å². The lowest BCUT2D eigenvalue weighted by atomic mass is 9.73. The van der Waals surface area contributed by atoms with Crippen molar-refractivity contribution in [3.63, 3.8) is 0 Å². The van der Waals surface area contributed by atoms with Crippen molar-refractivity contribution in [2.24, 2.45) is 5.92 Å². The SMILES string of the molecule is C[C@@H]1CCCC[C@@]12NC(=O)N(CC(=O)Nc1ccccc1OC(F)F)C2=O. The summed E-state index contributed by atoms with van der Waals surface area (Å²) in [6.45, 7) is -1.62. The van der Waals surface area contributed by atoms with Gasteiger partial charge in [0.05, 0.1) is 5.69 Å². The maximum atomic E-state index is 12.8. The summed E-state index contributed by atoms with van der Waals surface area (Å²) in [6, 6.07) is 5.10. The van der Waals surface area contributed by atoms with E-state index in [0.29, 0.717) is 6.42 Å². The molecule has 146 valence electrons. The lowest BCUT2D eigenvalue weighted by Crippen LogP contribution is -2.54. The number of anilines is 1. The highest BCUT2D eigenvalue weighted by Gasteiger charge is 2.55. The van der Waals surface area contributed by atoms with E-state index in [1.807, 2.05) is 6.92 Å². The molecule has 1 heterocycles. The van der Waals surface area contributed by atoms with Crippen molar-refractivity contribution in [3.8, 4) is 5.75 Å². The van der Waals surface area contributed by atoms with Gasteiger partial charge in [0.2, 0.25) is 5.91 Å². The van der Waals surface area contributed by atoms with Crippen LogP contribution in [0.2, 0.25) is 0 Å². The first kappa shape index (κ1) is 19.1. The van der Waals surface area contributed by atoms with Gasteiger partial charge in [-0.2, -0.15) is 8.78 Å². The summed E-state index contributed by atoms with van der Waals surface area (Å²) in [5.74, 6) is -1.30. The molecule has 0 unspecified atom stereocenters. The van der Waals surface area contributed by atoms with E-state index in [0.717, 1.165) is 24.2 Å². The van der Waals surface area contributed by atoms with Crippen molar-refractivity contribution >= 4 is 23.5 Å². The number of nitrogens with one attached hydrogen (secondary N) is 2. The molecule has 2 N–H and O–H groups in total. The van der Waals surface area contributed by atoms with Crippen molar-refractivity contribution in [1.82, 2.24) is 10.2 Å². The highest BCUT2D eigenvalue weighted by molar-refractivity contribution is 6.10. The van der Waals surface area contributed by atoms with Gasteiger partial charge < -0.3 is 15.4 Å². The zero-order valence-corrected chi connectivity index (χ0v) is 14.8. The number of imide groups is 1. The molecule has 2 fully saturated rings. The second-order valence-corrected chi connectivity index (χ2v) is 6.86. The van der Waals surface area contributed by atoms with Gasteiger partial charge in [0.15, 0.2) is 0 Å². The van der Waals surface area contributed by atoms with Crippen molar-refractivity contribution in [1.29, 1.82) is 0 Å². The first-order valence-corrected chi connectivity index (χ1v) is 8.81. The normalized spacial score (nSPS) is 25.0. The molecule has 1 aromatic rings. The Morgan fingerprint density at radius 3 is 2.81 bits per heavy atom. The number of rotatable bonds is 5. The zero-order valence-electron chi connectivity index (χ0n) is 14.8. The van der Waals surface area contributed by atoms with Gasteiger partial charge in [-0.1, -0.05) is 31.9 Å². The van der Waals surface area contributed by atoms with E-state index in [4.69, 9.17) is 0 Å². The van der Waals surface area contributed by atoms with E-state index in [2.05, 4.69) is 15.4 Å². The molecule has 1 aliphatic carbocycles. The number of alkyl halides is 2. The number of carbonyl (C=O) groups is 3. The minimum Gasteiger partial charge on any atom is -0.433 e. The Hall–Kier alpha value is -2.71. The molecule has 1 aliphatic heterocycles. The summed E-state index contributed by atoms with van der Waals surface area (Å²) in [7, 11) is 0. The summed E-state index contributed by atoms with van der Waals surface area (Å²) in [5, 5.41) is 5.17. The number of carbonyl (C=O) groups excluding carboxylic acids is 3. The Balaban J connectivity index is 1.70. The number of hydrogen-bond donors (Lipinski definition) is 2. The quantitative estimate of drug-likeness (QED) is 0.768. The van der Waals surface area contributed by atoms with Gasteiger partial charge in [-0.3, -0.25) is 14.5 Å². The van der Waals surface area contributed by atoms with Crippen LogP contribution in [-0.4, -0.2) is 41.4 Å². The van der Waals surface area contributed by atoms with E-state index in [9.17, 15) is 23.2 Å². The fourth-order valence-electron chi connectivity index (χ4n) is 3.74. The molecule has 2 aliphatic rings. The van der Waals surface area contributed by atoms with E-state index >= 15 is 0 Å². The van der Waals surface area contributed by atoms with E-state index in [1.165, 1.54) is 18.2 Å². The molecule has 4 amide bonds. The third-order valence-corrected chi connectivity index (χ3v) is 5.18. The monoisotopic (exact) mass is 381 g/mol. The van der Waals surface area contributed by atoms with Crippen LogP contribution < -0.4 is 15.4 Å². The maximum absolute atomic E-state index is 12.8. The van der Waals surface area contributed by atoms with Crippen molar-refractivity contribution in [2.45, 2.75) is 44.8 Å². The Morgan fingerprint density at radius 1 is 1.37 bits per heavy atom. The van der Waals surface area contributed by atoms with Crippen LogP contribution in [0.1, 0.15) is 32.6 Å². The van der Waals surface area contributed by atoms with E-state index in [1.54, 1.807) is 6.07 Å². The van der Waals surface area contributed by atoms with Crippen molar-refractivity contribution < 1.29 is 27.9 Å². The molecule has 0 radical (unpaired) electrons. The van der Waals surface area contributed by atoms with Gasteiger partial charge in [0.1, 0.15) is 17.8 Å². The summed E-state index contributed by atoms with van der Waals surface area (Å²) >= 11 is 0. The number of hydrogen-bond acceptors (Lipinski definition) is 4. The molecule has 1 saturated carbocycles. The molecule has 0 bridgehead atoms. The van der Waals surface area contributed by atoms with Crippen LogP contribution in [0.3, 0.4) is 0 Å². The van der Waals surface area contributed by atoms with Crippen LogP contribution in [0.15, 0.2) is 24.3 Å². The number of amides is 4. The van der Waals surface area contributed by atoms with E-state index < -0.39 is 36.5 Å². The summed E-state index contributed by atoms with van der Waals surface area (Å²) in [5.41, 5.74) is -0.914. The third-order valence-electron chi connectivity index (χ3n) is 5.18. The predicted octanol–water partition coefficient (Wildman–Crippen LogP) is 2.73. The minimum absolute atomic E-state index is 0.0177. The Labute approximate surface area is 155 Å². The molecule has 3 rings (SSSR count). The van der Waals surface area contributed by atoms with Crippen molar-refractivity contribution in [3.05, 3.63) is 24.3 Å². The fourth-order valence-corrected chi connectivity index (χ4v) is 3.74. The summed E-state index contributed by atoms with van der Waals surface area (Å²) in [6.07, 6.45) is 3.19. The molecule has 1 spiro atoms. The molecule has 1 saturated heterocycles. The number of urea groups is 1. The van der Waals surface area contributed by atoms with Gasteiger partial charge in [-0.05, 0) is 30.9 Å². The molecule has 9 heteroatoms. The average Bonchev–Trinajstić information content (AvgIpc) is 2.84. The van der Waals surface area contributed by atoms with Crippen LogP contribution in [-0.2, 0) is 9.59 Å². The highest BCUT2D eigenvalue weighted by atomic mass is 19.3. The van der Waals surface area contributed by atoms with E-state index in [-0.39, 0.29) is 17.4 Å². The first-order valence-electron chi connectivity index (χ1n) is 8.81. The molecule has 1 aromatic carbocycles. The number of nitrogens with zero attached hydrogens (tertiary/aromatic N) is 1. The van der Waals surface area contributed by atoms with Crippen molar-refractivity contribution in [2.75, 3.05) is 11.9 Å². The van der Waals surface area contributed by atoms with Crippen LogP contribution in [0.4, 0.5) is 19.3 Å². The summed E-state index contributed by atoms with van der Waals surface area (Å²) < 4.78 is 29.3. The van der Waals surface area contributed by atoms with Crippen LogP contribution >= 0.6 is 0 Å². The van der Waals surface area contributed by atoms with Crippen LogP contribution in [0.5, 0.6) is 5.75 Å². The van der Waals surface area contributed by atoms with Crippen LogP contribution in [0.25, 0.3) is 0 Å². The second-order valence-electron chi connectivity index (χ2n) is 6.86. The lowest BCUT2D eigenvalue weighted by molar-refractivity contribution is -0.136. The Kier molecular flexibility index (Phi) is 5.29. The predicted molar refractivity (Wildman–Crippen MR) is 92.3 cm³/mol. The average molecular weight is 381 g/mol. The van der Waals surface area contributed by atoms with Gasteiger partial charge in [-0.15, -0.1) is 0 Å². The first-order chi connectivity index (χ1) is 12.8. The number of halogens is 2. The molecular weight excluding hydrogens is 360 g/mol. The lowest BCUT2D eigenvalue weighted by Gasteiger charge is -2.36. The molecule has 0 aromatic heterocycles. The Morgan fingerprint density at radius 2 is 2.11 bits per heavy atom. The highest BCUT2D eigenvalue weighted by Crippen LogP contribution is 2.38. The topological polar surface area (TPSA) is 87.7 Å². The molecular formula is C18H21F2N3O4.